The van der Waals surface area contributed by atoms with Crippen LogP contribution in [-0.4, -0.2) is 19.4 Å². The Morgan fingerprint density at radius 2 is 1.79 bits per heavy atom. The Morgan fingerprint density at radius 3 is 2.37 bits per heavy atom. The molecule has 1 aliphatic carbocycles. The van der Waals surface area contributed by atoms with Crippen LogP contribution >= 0.6 is 23.2 Å². The largest absolute Gasteiger partial charge is 0.242 e. The molecule has 1 saturated carbocycles. The highest BCUT2D eigenvalue weighted by molar-refractivity contribution is 7.89. The van der Waals surface area contributed by atoms with Gasteiger partial charge in [0.25, 0.3) is 0 Å². The van der Waals surface area contributed by atoms with Crippen molar-refractivity contribution < 1.29 is 8.42 Å². The van der Waals surface area contributed by atoms with E-state index in [1.165, 1.54) is 25.1 Å². The van der Waals surface area contributed by atoms with Crippen molar-refractivity contribution in [3.05, 3.63) is 22.4 Å². The molecule has 19 heavy (non-hydrogen) atoms. The third-order valence-electron chi connectivity index (χ3n) is 3.26. The molecule has 0 unspecified atom stereocenters. The SMILES string of the molecule is O=S(=O)(NC1CCCCCC1)c1cnc(Cl)c(Cl)c1. The number of nitrogens with zero attached hydrogens (tertiary/aromatic N) is 1. The van der Waals surface area contributed by atoms with Crippen molar-refractivity contribution in [2.24, 2.45) is 0 Å². The van der Waals surface area contributed by atoms with E-state index in [9.17, 15) is 8.42 Å². The molecule has 2 rings (SSSR count). The third-order valence-corrected chi connectivity index (χ3v) is 5.43. The summed E-state index contributed by atoms with van der Waals surface area (Å²) in [7, 11) is -3.57. The zero-order valence-electron chi connectivity index (χ0n) is 10.4. The minimum absolute atomic E-state index is 0.00181. The Bertz CT molecular complexity index is 541. The van der Waals surface area contributed by atoms with Crippen LogP contribution in [0.3, 0.4) is 0 Å². The van der Waals surface area contributed by atoms with Crippen LogP contribution in [-0.2, 0) is 10.0 Å². The summed E-state index contributed by atoms with van der Waals surface area (Å²) in [5.41, 5.74) is 0. The van der Waals surface area contributed by atoms with Gasteiger partial charge in [0.2, 0.25) is 10.0 Å². The molecular weight excluding hydrogens is 307 g/mol. The average molecular weight is 323 g/mol. The van der Waals surface area contributed by atoms with Crippen LogP contribution in [0.4, 0.5) is 0 Å². The van der Waals surface area contributed by atoms with Crippen LogP contribution in [0.25, 0.3) is 0 Å². The van der Waals surface area contributed by atoms with Gasteiger partial charge in [-0.3, -0.25) is 0 Å². The van der Waals surface area contributed by atoms with Gasteiger partial charge in [-0.2, -0.15) is 0 Å². The van der Waals surface area contributed by atoms with Gasteiger partial charge in [0.15, 0.2) is 0 Å². The summed E-state index contributed by atoms with van der Waals surface area (Å²) < 4.78 is 27.2. The maximum absolute atomic E-state index is 12.2. The van der Waals surface area contributed by atoms with Crippen LogP contribution in [0.15, 0.2) is 17.2 Å². The minimum atomic E-state index is -3.57. The number of hydrogen-bond donors (Lipinski definition) is 1. The Kier molecular flexibility index (Phi) is 5.06. The van der Waals surface area contributed by atoms with E-state index in [0.717, 1.165) is 25.7 Å². The smallest absolute Gasteiger partial charge is 0.242 e. The molecule has 1 fully saturated rings. The van der Waals surface area contributed by atoms with E-state index in [2.05, 4.69) is 9.71 Å². The molecule has 106 valence electrons. The van der Waals surface area contributed by atoms with E-state index in [1.54, 1.807) is 0 Å². The molecule has 0 bridgehead atoms. The van der Waals surface area contributed by atoms with Crippen molar-refractivity contribution in [3.8, 4) is 0 Å². The van der Waals surface area contributed by atoms with Gasteiger partial charge in [0.05, 0.1) is 5.02 Å². The van der Waals surface area contributed by atoms with Gasteiger partial charge in [-0.15, -0.1) is 0 Å². The summed E-state index contributed by atoms with van der Waals surface area (Å²) >= 11 is 11.5. The zero-order chi connectivity index (χ0) is 13.9. The fraction of sp³-hybridized carbons (Fsp3) is 0.583. The molecule has 0 radical (unpaired) electrons. The normalized spacial score (nSPS) is 18.2. The Labute approximate surface area is 123 Å². The lowest BCUT2D eigenvalue weighted by molar-refractivity contribution is 0.509. The second-order valence-electron chi connectivity index (χ2n) is 4.75. The molecular formula is C12H16Cl2N2O2S. The number of nitrogens with one attached hydrogen (secondary N) is 1. The zero-order valence-corrected chi connectivity index (χ0v) is 12.7. The Morgan fingerprint density at radius 1 is 1.16 bits per heavy atom. The summed E-state index contributed by atoms with van der Waals surface area (Å²) in [5.74, 6) is 0. The second kappa shape index (κ2) is 6.39. The van der Waals surface area contributed by atoms with Crippen molar-refractivity contribution in [2.75, 3.05) is 0 Å². The number of hydrogen-bond acceptors (Lipinski definition) is 3. The van der Waals surface area contributed by atoms with Crippen LogP contribution in [0, 0.1) is 0 Å². The first kappa shape index (κ1) is 15.0. The third kappa shape index (κ3) is 4.05. The standard InChI is InChI=1S/C12H16Cl2N2O2S/c13-11-7-10(8-15-12(11)14)19(17,18)16-9-5-3-1-2-4-6-9/h7-9,16H,1-6H2. The summed E-state index contributed by atoms with van der Waals surface area (Å²) in [4.78, 5) is 3.83. The van der Waals surface area contributed by atoms with Crippen molar-refractivity contribution in [1.82, 2.24) is 9.71 Å². The highest BCUT2D eigenvalue weighted by atomic mass is 35.5. The van der Waals surface area contributed by atoms with Crippen molar-refractivity contribution >= 4 is 33.2 Å². The Hall–Kier alpha value is -0.360. The van der Waals surface area contributed by atoms with Crippen LogP contribution in [0.5, 0.6) is 0 Å². The highest BCUT2D eigenvalue weighted by Crippen LogP contribution is 2.23. The van der Waals surface area contributed by atoms with Crippen molar-refractivity contribution in [3.63, 3.8) is 0 Å². The molecule has 1 aromatic rings. The highest BCUT2D eigenvalue weighted by Gasteiger charge is 2.22. The van der Waals surface area contributed by atoms with Gasteiger partial charge in [-0.1, -0.05) is 48.9 Å². The first-order valence-electron chi connectivity index (χ1n) is 6.32. The maximum Gasteiger partial charge on any atom is 0.242 e. The molecule has 1 heterocycles. The number of aromatic nitrogens is 1. The van der Waals surface area contributed by atoms with Crippen LogP contribution in [0.2, 0.25) is 10.2 Å². The molecule has 1 aromatic heterocycles. The van der Waals surface area contributed by atoms with Crippen LogP contribution in [0.1, 0.15) is 38.5 Å². The van der Waals surface area contributed by atoms with Gasteiger partial charge in [0, 0.05) is 12.2 Å². The number of sulfonamides is 1. The molecule has 1 aliphatic rings. The van der Waals surface area contributed by atoms with Gasteiger partial charge < -0.3 is 0 Å². The summed E-state index contributed by atoms with van der Waals surface area (Å²) in [6, 6.07) is 1.33. The second-order valence-corrected chi connectivity index (χ2v) is 7.23. The van der Waals surface area contributed by atoms with Crippen LogP contribution < -0.4 is 4.72 Å². The molecule has 7 heteroatoms. The lowest BCUT2D eigenvalue weighted by Crippen LogP contribution is -2.34. The van der Waals surface area contributed by atoms with Gasteiger partial charge in [-0.25, -0.2) is 18.1 Å². The van der Waals surface area contributed by atoms with E-state index in [1.807, 2.05) is 0 Å². The van der Waals surface area contributed by atoms with E-state index < -0.39 is 10.0 Å². The topological polar surface area (TPSA) is 59.1 Å². The fourth-order valence-electron chi connectivity index (χ4n) is 2.24. The van der Waals surface area contributed by atoms with E-state index in [4.69, 9.17) is 23.2 Å². The first-order valence-corrected chi connectivity index (χ1v) is 8.56. The molecule has 0 amide bonds. The quantitative estimate of drug-likeness (QED) is 0.685. The molecule has 0 aliphatic heterocycles. The summed E-state index contributed by atoms with van der Waals surface area (Å²) in [6.45, 7) is 0. The van der Waals surface area contributed by atoms with E-state index >= 15 is 0 Å². The predicted molar refractivity (Wildman–Crippen MR) is 76.1 cm³/mol. The van der Waals surface area contributed by atoms with Gasteiger partial charge in [-0.05, 0) is 18.9 Å². The monoisotopic (exact) mass is 322 g/mol. The molecule has 1 N–H and O–H groups in total. The van der Waals surface area contributed by atoms with Gasteiger partial charge >= 0.3 is 0 Å². The molecule has 0 atom stereocenters. The predicted octanol–water partition coefficient (Wildman–Crippen LogP) is 3.39. The fourth-order valence-corrected chi connectivity index (χ4v) is 3.84. The van der Waals surface area contributed by atoms with Crippen molar-refractivity contribution in [2.45, 2.75) is 49.5 Å². The maximum atomic E-state index is 12.2. The number of halogens is 2. The van der Waals surface area contributed by atoms with E-state index in [0.29, 0.717) is 0 Å². The van der Waals surface area contributed by atoms with Crippen molar-refractivity contribution in [1.29, 1.82) is 0 Å². The van der Waals surface area contributed by atoms with Gasteiger partial charge in [0.1, 0.15) is 10.0 Å². The lowest BCUT2D eigenvalue weighted by Gasteiger charge is -2.16. The first-order chi connectivity index (χ1) is 8.99. The molecule has 4 nitrogen and oxygen atoms in total. The minimum Gasteiger partial charge on any atom is -0.242 e. The molecule has 0 spiro atoms. The summed E-state index contributed by atoms with van der Waals surface area (Å²) in [6.07, 6.45) is 7.47. The summed E-state index contributed by atoms with van der Waals surface area (Å²) in [5, 5.41) is 0.250. The number of pyridine rings is 1. The average Bonchev–Trinajstić information content (AvgIpc) is 2.60. The number of rotatable bonds is 3. The van der Waals surface area contributed by atoms with E-state index in [-0.39, 0.29) is 21.1 Å². The molecule has 0 aromatic carbocycles. The molecule has 0 saturated heterocycles. The Balaban J connectivity index is 2.14. The lowest BCUT2D eigenvalue weighted by atomic mass is 10.1.